The summed E-state index contributed by atoms with van der Waals surface area (Å²) in [6, 6.07) is 3.43. The lowest BCUT2D eigenvalue weighted by molar-refractivity contribution is 0.352. The molecule has 0 bridgehead atoms. The van der Waals surface area contributed by atoms with Gasteiger partial charge < -0.3 is 18.6 Å². The Morgan fingerprint density at radius 3 is 2.41 bits per heavy atom. The van der Waals surface area contributed by atoms with Crippen molar-refractivity contribution in [1.29, 1.82) is 0 Å². The van der Waals surface area contributed by atoms with Crippen LogP contribution in [0.1, 0.15) is 19.1 Å². The van der Waals surface area contributed by atoms with Gasteiger partial charge in [-0.1, -0.05) is 12.2 Å². The van der Waals surface area contributed by atoms with Gasteiger partial charge in [-0.2, -0.15) is 0 Å². The van der Waals surface area contributed by atoms with Crippen LogP contribution in [0.15, 0.2) is 33.5 Å². The molecule has 2 aromatic rings. The Morgan fingerprint density at radius 1 is 1.09 bits per heavy atom. The van der Waals surface area contributed by atoms with Crippen LogP contribution < -0.4 is 19.8 Å². The summed E-state index contributed by atoms with van der Waals surface area (Å²) in [4.78, 5) is 12.3. The van der Waals surface area contributed by atoms with Gasteiger partial charge in [0.05, 0.1) is 21.3 Å². The topological polar surface area (TPSA) is 57.9 Å². The van der Waals surface area contributed by atoms with Crippen molar-refractivity contribution >= 4 is 10.8 Å². The third-order valence-electron chi connectivity index (χ3n) is 3.42. The minimum atomic E-state index is -0.439. The zero-order valence-corrected chi connectivity index (χ0v) is 13.3. The van der Waals surface area contributed by atoms with Crippen LogP contribution in [0.4, 0.5) is 0 Å². The highest BCUT2D eigenvalue weighted by Crippen LogP contribution is 2.40. The molecule has 0 saturated heterocycles. The number of fused-ring (bicyclic) bond motifs is 1. The van der Waals surface area contributed by atoms with Gasteiger partial charge in [-0.05, 0) is 19.4 Å². The number of benzene rings is 1. The van der Waals surface area contributed by atoms with E-state index in [0.717, 1.165) is 6.42 Å². The van der Waals surface area contributed by atoms with Gasteiger partial charge in [0, 0.05) is 17.9 Å². The van der Waals surface area contributed by atoms with Crippen molar-refractivity contribution in [3.63, 3.8) is 0 Å². The van der Waals surface area contributed by atoms with E-state index in [1.54, 1.807) is 13.2 Å². The summed E-state index contributed by atoms with van der Waals surface area (Å²) in [5, 5.41) is 0.986. The summed E-state index contributed by atoms with van der Waals surface area (Å²) in [5.41, 5.74) is -0.439. The molecule has 0 saturated carbocycles. The van der Waals surface area contributed by atoms with Crippen LogP contribution in [-0.2, 0) is 6.42 Å². The number of hydrogen-bond acceptors (Lipinski definition) is 5. The number of hydrogen-bond donors (Lipinski definition) is 0. The second kappa shape index (κ2) is 7.02. The van der Waals surface area contributed by atoms with Gasteiger partial charge in [0.2, 0.25) is 0 Å². The maximum absolute atomic E-state index is 12.3. The Morgan fingerprint density at radius 2 is 1.82 bits per heavy atom. The molecule has 5 nitrogen and oxygen atoms in total. The van der Waals surface area contributed by atoms with Crippen LogP contribution in [0.3, 0.4) is 0 Å². The molecular formula is C17H20O5. The Balaban J connectivity index is 2.70. The summed E-state index contributed by atoms with van der Waals surface area (Å²) < 4.78 is 21.4. The summed E-state index contributed by atoms with van der Waals surface area (Å²) in [6.45, 7) is 1.95. The van der Waals surface area contributed by atoms with E-state index in [9.17, 15) is 4.79 Å². The van der Waals surface area contributed by atoms with E-state index in [4.69, 9.17) is 18.6 Å². The molecule has 2 rings (SSSR count). The van der Waals surface area contributed by atoms with Gasteiger partial charge >= 0.3 is 5.63 Å². The summed E-state index contributed by atoms with van der Waals surface area (Å²) in [7, 11) is 4.58. The molecule has 0 spiro atoms. The monoisotopic (exact) mass is 304 g/mol. The third kappa shape index (κ3) is 2.93. The minimum Gasteiger partial charge on any atom is -0.496 e. The molecule has 0 aliphatic heterocycles. The zero-order chi connectivity index (χ0) is 16.1. The number of ether oxygens (including phenoxy) is 3. The maximum atomic E-state index is 12.3. The van der Waals surface area contributed by atoms with Gasteiger partial charge in [0.1, 0.15) is 16.9 Å². The molecule has 22 heavy (non-hydrogen) atoms. The third-order valence-corrected chi connectivity index (χ3v) is 3.42. The molecule has 1 aromatic heterocycles. The lowest BCUT2D eigenvalue weighted by atomic mass is 10.1. The van der Waals surface area contributed by atoms with E-state index in [1.165, 1.54) is 14.2 Å². The standard InChI is InChI=1S/C17H20O5/c1-5-6-7-8-11-9-12-15(17(18)22-11)13(19-2)10-14(20-3)16(12)21-4/h5-6,9-10H,7-8H2,1-4H3. The highest BCUT2D eigenvalue weighted by molar-refractivity contribution is 5.94. The lowest BCUT2D eigenvalue weighted by Crippen LogP contribution is -2.06. The van der Waals surface area contributed by atoms with Gasteiger partial charge in [0.25, 0.3) is 0 Å². The Hall–Kier alpha value is -2.43. The SMILES string of the molecule is CC=CCCc1cc2c(OC)c(OC)cc(OC)c2c(=O)o1. The fourth-order valence-corrected chi connectivity index (χ4v) is 2.38. The Labute approximate surface area is 129 Å². The van der Waals surface area contributed by atoms with E-state index >= 15 is 0 Å². The molecule has 1 aromatic carbocycles. The van der Waals surface area contributed by atoms with E-state index in [-0.39, 0.29) is 0 Å². The number of methoxy groups -OCH3 is 3. The van der Waals surface area contributed by atoms with Crippen molar-refractivity contribution in [1.82, 2.24) is 0 Å². The first-order chi connectivity index (χ1) is 10.7. The first-order valence-corrected chi connectivity index (χ1v) is 7.03. The molecule has 118 valence electrons. The smallest absolute Gasteiger partial charge is 0.347 e. The van der Waals surface area contributed by atoms with E-state index in [2.05, 4.69) is 0 Å². The zero-order valence-electron chi connectivity index (χ0n) is 13.3. The predicted octanol–water partition coefficient (Wildman–Crippen LogP) is 3.33. The first kappa shape index (κ1) is 15.9. The molecule has 0 fully saturated rings. The van der Waals surface area contributed by atoms with Crippen molar-refractivity contribution in [3.05, 3.63) is 40.5 Å². The second-order valence-electron chi connectivity index (χ2n) is 4.71. The molecule has 0 atom stereocenters. The van der Waals surface area contributed by atoms with Gasteiger partial charge in [0.15, 0.2) is 11.5 Å². The molecule has 0 unspecified atom stereocenters. The Bertz CT molecular complexity index is 743. The maximum Gasteiger partial charge on any atom is 0.347 e. The average Bonchev–Trinajstić information content (AvgIpc) is 2.53. The highest BCUT2D eigenvalue weighted by Gasteiger charge is 2.18. The average molecular weight is 304 g/mol. The second-order valence-corrected chi connectivity index (χ2v) is 4.71. The fourth-order valence-electron chi connectivity index (χ4n) is 2.38. The normalized spacial score (nSPS) is 11.1. The molecular weight excluding hydrogens is 284 g/mol. The van der Waals surface area contributed by atoms with Crippen molar-refractivity contribution in [3.8, 4) is 17.2 Å². The first-order valence-electron chi connectivity index (χ1n) is 7.03. The van der Waals surface area contributed by atoms with Crippen LogP contribution in [0.25, 0.3) is 10.8 Å². The number of allylic oxidation sites excluding steroid dienone is 2. The van der Waals surface area contributed by atoms with Crippen LogP contribution in [-0.4, -0.2) is 21.3 Å². The number of rotatable bonds is 6. The summed E-state index contributed by atoms with van der Waals surface area (Å²) >= 11 is 0. The molecule has 0 amide bonds. The quantitative estimate of drug-likeness (QED) is 0.766. The number of aryl methyl sites for hydroxylation is 1. The highest BCUT2D eigenvalue weighted by atomic mass is 16.5. The minimum absolute atomic E-state index is 0.356. The van der Waals surface area contributed by atoms with Crippen molar-refractivity contribution in [2.45, 2.75) is 19.8 Å². The van der Waals surface area contributed by atoms with Crippen LogP contribution in [0, 0.1) is 0 Å². The van der Waals surface area contributed by atoms with E-state index in [0.29, 0.717) is 40.2 Å². The van der Waals surface area contributed by atoms with Crippen LogP contribution in [0.5, 0.6) is 17.2 Å². The molecule has 1 heterocycles. The van der Waals surface area contributed by atoms with Gasteiger partial charge in [-0.3, -0.25) is 0 Å². The summed E-state index contributed by atoms with van der Waals surface area (Å²) in [5.74, 6) is 2.01. The van der Waals surface area contributed by atoms with Crippen molar-refractivity contribution in [2.24, 2.45) is 0 Å². The predicted molar refractivity (Wildman–Crippen MR) is 85.3 cm³/mol. The molecule has 0 aliphatic rings. The molecule has 0 aliphatic carbocycles. The van der Waals surface area contributed by atoms with E-state index in [1.807, 2.05) is 25.1 Å². The van der Waals surface area contributed by atoms with Crippen molar-refractivity contribution < 1.29 is 18.6 Å². The van der Waals surface area contributed by atoms with Gasteiger partial charge in [-0.25, -0.2) is 4.79 Å². The molecule has 5 heteroatoms. The van der Waals surface area contributed by atoms with Crippen molar-refractivity contribution in [2.75, 3.05) is 21.3 Å². The molecule has 0 radical (unpaired) electrons. The summed E-state index contributed by atoms with van der Waals surface area (Å²) in [6.07, 6.45) is 5.42. The fraction of sp³-hybridized carbons (Fsp3) is 0.353. The largest absolute Gasteiger partial charge is 0.496 e. The van der Waals surface area contributed by atoms with Crippen LogP contribution in [0.2, 0.25) is 0 Å². The Kier molecular flexibility index (Phi) is 5.09. The lowest BCUT2D eigenvalue weighted by Gasteiger charge is -2.13. The molecule has 0 N–H and O–H groups in total. The van der Waals surface area contributed by atoms with E-state index < -0.39 is 5.63 Å². The van der Waals surface area contributed by atoms with Crippen LogP contribution >= 0.6 is 0 Å². The van der Waals surface area contributed by atoms with Gasteiger partial charge in [-0.15, -0.1) is 0 Å².